The number of carbonyl (C=O) groups excluding carboxylic acids is 1. The van der Waals surface area contributed by atoms with Gasteiger partial charge < -0.3 is 16.2 Å². The summed E-state index contributed by atoms with van der Waals surface area (Å²) in [5.74, 6) is 5.36. The molecular formula is C11H12N2O2. The fourth-order valence-electron chi connectivity index (χ4n) is 0.962. The molecule has 4 nitrogen and oxygen atoms in total. The molecule has 0 atom stereocenters. The van der Waals surface area contributed by atoms with Crippen LogP contribution in [-0.4, -0.2) is 17.6 Å². The Kier molecular flexibility index (Phi) is 3.58. The normalized spacial score (nSPS) is 8.87. The van der Waals surface area contributed by atoms with Gasteiger partial charge in [0.2, 0.25) is 5.91 Å². The highest BCUT2D eigenvalue weighted by Gasteiger charge is 1.96. The number of nitrogens with one attached hydrogen (secondary N) is 1. The van der Waals surface area contributed by atoms with Crippen LogP contribution < -0.4 is 11.1 Å². The van der Waals surface area contributed by atoms with Crippen LogP contribution in [-0.2, 0) is 4.79 Å². The van der Waals surface area contributed by atoms with Gasteiger partial charge in [0.25, 0.3) is 0 Å². The molecule has 0 aliphatic carbocycles. The van der Waals surface area contributed by atoms with E-state index in [1.54, 1.807) is 12.1 Å². The molecule has 0 saturated heterocycles. The van der Waals surface area contributed by atoms with Crippen molar-refractivity contribution >= 4 is 11.6 Å². The van der Waals surface area contributed by atoms with Crippen LogP contribution >= 0.6 is 0 Å². The molecule has 1 rings (SSSR count). The van der Waals surface area contributed by atoms with Gasteiger partial charge in [-0.15, -0.1) is 0 Å². The number of amides is 1. The number of hydrogen-bond acceptors (Lipinski definition) is 3. The molecule has 0 saturated carbocycles. The molecule has 0 radical (unpaired) electrons. The topological polar surface area (TPSA) is 75.4 Å². The second kappa shape index (κ2) is 4.91. The maximum Gasteiger partial charge on any atom is 0.217 e. The van der Waals surface area contributed by atoms with Gasteiger partial charge in [-0.1, -0.05) is 11.8 Å². The molecule has 0 bridgehead atoms. The minimum absolute atomic E-state index is 0.0829. The lowest BCUT2D eigenvalue weighted by atomic mass is 10.2. The summed E-state index contributed by atoms with van der Waals surface area (Å²) >= 11 is 0. The fourth-order valence-corrected chi connectivity index (χ4v) is 0.962. The summed E-state index contributed by atoms with van der Waals surface area (Å²) in [5, 5.41) is 11.9. The van der Waals surface area contributed by atoms with Crippen molar-refractivity contribution in [2.24, 2.45) is 0 Å². The Hall–Kier alpha value is -2.15. The van der Waals surface area contributed by atoms with Gasteiger partial charge in [-0.2, -0.15) is 0 Å². The molecule has 0 aliphatic heterocycles. The Bertz CT molecular complexity index is 430. The van der Waals surface area contributed by atoms with Crippen molar-refractivity contribution in [3.63, 3.8) is 0 Å². The SMILES string of the molecule is CC(=O)NCC#Cc1cc(N)ccc1O. The standard InChI is InChI=1S/C11H12N2O2/c1-8(14)13-6-2-3-9-7-10(12)4-5-11(9)15/h4-5,7,15H,6,12H2,1H3,(H,13,14). The predicted molar refractivity (Wildman–Crippen MR) is 58.1 cm³/mol. The summed E-state index contributed by atoms with van der Waals surface area (Å²) < 4.78 is 0. The Morgan fingerprint density at radius 3 is 3.00 bits per heavy atom. The van der Waals surface area contributed by atoms with Gasteiger partial charge in [0, 0.05) is 12.6 Å². The minimum Gasteiger partial charge on any atom is -0.507 e. The summed E-state index contributed by atoms with van der Waals surface area (Å²) in [6.07, 6.45) is 0. The number of rotatable bonds is 1. The van der Waals surface area contributed by atoms with Crippen LogP contribution in [0.2, 0.25) is 0 Å². The lowest BCUT2D eigenvalue weighted by molar-refractivity contribution is -0.118. The van der Waals surface area contributed by atoms with Crippen LogP contribution in [0.15, 0.2) is 18.2 Å². The third-order valence-corrected chi connectivity index (χ3v) is 1.67. The Balaban J connectivity index is 2.71. The van der Waals surface area contributed by atoms with Crippen LogP contribution in [0.25, 0.3) is 0 Å². The van der Waals surface area contributed by atoms with E-state index in [0.717, 1.165) is 0 Å². The van der Waals surface area contributed by atoms with Crippen molar-refractivity contribution in [2.75, 3.05) is 12.3 Å². The van der Waals surface area contributed by atoms with Crippen LogP contribution in [0, 0.1) is 11.8 Å². The van der Waals surface area contributed by atoms with E-state index in [0.29, 0.717) is 11.3 Å². The molecular weight excluding hydrogens is 192 g/mol. The number of nitrogens with two attached hydrogens (primary N) is 1. The molecule has 15 heavy (non-hydrogen) atoms. The summed E-state index contributed by atoms with van der Waals surface area (Å²) in [7, 11) is 0. The molecule has 4 N–H and O–H groups in total. The fraction of sp³-hybridized carbons (Fsp3) is 0.182. The molecule has 1 aromatic rings. The van der Waals surface area contributed by atoms with E-state index in [9.17, 15) is 9.90 Å². The van der Waals surface area contributed by atoms with Crippen molar-refractivity contribution in [1.29, 1.82) is 0 Å². The zero-order valence-corrected chi connectivity index (χ0v) is 8.37. The lowest BCUT2D eigenvalue weighted by Gasteiger charge is -1.98. The predicted octanol–water partition coefficient (Wildman–Crippen LogP) is 0.462. The first-order chi connectivity index (χ1) is 7.09. The molecule has 1 aromatic carbocycles. The zero-order valence-electron chi connectivity index (χ0n) is 8.37. The van der Waals surface area contributed by atoms with Crippen molar-refractivity contribution < 1.29 is 9.90 Å². The van der Waals surface area contributed by atoms with Gasteiger partial charge in [-0.05, 0) is 18.2 Å². The second-order valence-corrected chi connectivity index (χ2v) is 2.99. The van der Waals surface area contributed by atoms with E-state index in [2.05, 4.69) is 17.2 Å². The number of phenolic OH excluding ortho intramolecular Hbond substituents is 1. The Morgan fingerprint density at radius 1 is 1.60 bits per heavy atom. The highest BCUT2D eigenvalue weighted by atomic mass is 16.3. The summed E-state index contributed by atoms with van der Waals surface area (Å²) in [6, 6.07) is 4.65. The first-order valence-electron chi connectivity index (χ1n) is 4.41. The minimum atomic E-state index is -0.138. The van der Waals surface area contributed by atoms with Gasteiger partial charge in [0.1, 0.15) is 5.75 Å². The van der Waals surface area contributed by atoms with Crippen molar-refractivity contribution in [3.05, 3.63) is 23.8 Å². The molecule has 0 fully saturated rings. The second-order valence-electron chi connectivity index (χ2n) is 2.99. The largest absolute Gasteiger partial charge is 0.507 e. The highest BCUT2D eigenvalue weighted by Crippen LogP contribution is 2.17. The average molecular weight is 204 g/mol. The van der Waals surface area contributed by atoms with E-state index < -0.39 is 0 Å². The van der Waals surface area contributed by atoms with Crippen LogP contribution in [0.4, 0.5) is 5.69 Å². The van der Waals surface area contributed by atoms with E-state index in [4.69, 9.17) is 5.73 Å². The van der Waals surface area contributed by atoms with Crippen molar-refractivity contribution in [3.8, 4) is 17.6 Å². The summed E-state index contributed by atoms with van der Waals surface area (Å²) in [5.41, 5.74) is 6.53. The van der Waals surface area contributed by atoms with Crippen molar-refractivity contribution in [1.82, 2.24) is 5.32 Å². The monoisotopic (exact) mass is 204 g/mol. The number of anilines is 1. The maximum atomic E-state index is 10.5. The highest BCUT2D eigenvalue weighted by molar-refractivity contribution is 5.73. The number of hydrogen-bond donors (Lipinski definition) is 3. The van der Waals surface area contributed by atoms with Crippen LogP contribution in [0.3, 0.4) is 0 Å². The molecule has 0 unspecified atom stereocenters. The van der Waals surface area contributed by atoms with Gasteiger partial charge in [0.15, 0.2) is 0 Å². The van der Waals surface area contributed by atoms with Crippen LogP contribution in [0.1, 0.15) is 12.5 Å². The number of phenols is 1. The van der Waals surface area contributed by atoms with E-state index in [1.165, 1.54) is 13.0 Å². The smallest absolute Gasteiger partial charge is 0.217 e. The molecule has 0 aromatic heterocycles. The van der Waals surface area contributed by atoms with E-state index in [-0.39, 0.29) is 18.2 Å². The molecule has 1 amide bonds. The van der Waals surface area contributed by atoms with Gasteiger partial charge in [-0.25, -0.2) is 0 Å². The number of aromatic hydroxyl groups is 1. The molecule has 78 valence electrons. The first kappa shape index (κ1) is 10.9. The van der Waals surface area contributed by atoms with Crippen molar-refractivity contribution in [2.45, 2.75) is 6.92 Å². The quantitative estimate of drug-likeness (QED) is 0.353. The molecule has 0 aliphatic rings. The maximum absolute atomic E-state index is 10.5. The average Bonchev–Trinajstić information content (AvgIpc) is 2.17. The first-order valence-corrected chi connectivity index (χ1v) is 4.41. The van der Waals surface area contributed by atoms with Gasteiger partial charge in [-0.3, -0.25) is 4.79 Å². The number of carbonyl (C=O) groups is 1. The molecule has 0 heterocycles. The summed E-state index contributed by atoms with van der Waals surface area (Å²) in [6.45, 7) is 1.67. The molecule has 0 spiro atoms. The van der Waals surface area contributed by atoms with E-state index >= 15 is 0 Å². The summed E-state index contributed by atoms with van der Waals surface area (Å²) in [4.78, 5) is 10.5. The number of benzene rings is 1. The van der Waals surface area contributed by atoms with E-state index in [1.807, 2.05) is 0 Å². The third kappa shape index (κ3) is 3.61. The Labute approximate surface area is 88.1 Å². The number of nitrogen functional groups attached to an aromatic ring is 1. The Morgan fingerprint density at radius 2 is 2.33 bits per heavy atom. The lowest BCUT2D eigenvalue weighted by Crippen LogP contribution is -2.19. The zero-order chi connectivity index (χ0) is 11.3. The van der Waals surface area contributed by atoms with Gasteiger partial charge >= 0.3 is 0 Å². The third-order valence-electron chi connectivity index (χ3n) is 1.67. The van der Waals surface area contributed by atoms with Gasteiger partial charge in [0.05, 0.1) is 12.1 Å². The van der Waals surface area contributed by atoms with Crippen LogP contribution in [0.5, 0.6) is 5.75 Å². The molecule has 4 heteroatoms.